The van der Waals surface area contributed by atoms with Gasteiger partial charge in [-0.15, -0.1) is 11.8 Å². The first-order chi connectivity index (χ1) is 9.29. The number of fused-ring (bicyclic) bond motifs is 1. The molecule has 0 N–H and O–H groups in total. The van der Waals surface area contributed by atoms with Gasteiger partial charge in [-0.05, 0) is 29.3 Å². The van der Waals surface area contributed by atoms with Gasteiger partial charge in [-0.3, -0.25) is 4.79 Å². The van der Waals surface area contributed by atoms with Gasteiger partial charge in [0.25, 0.3) is 0 Å². The predicted molar refractivity (Wildman–Crippen MR) is 77.8 cm³/mol. The second-order valence-corrected chi connectivity index (χ2v) is 5.58. The lowest BCUT2D eigenvalue weighted by atomic mass is 9.98. The molecule has 19 heavy (non-hydrogen) atoms. The number of hydrogen-bond acceptors (Lipinski definition) is 3. The van der Waals surface area contributed by atoms with E-state index < -0.39 is 0 Å². The summed E-state index contributed by atoms with van der Waals surface area (Å²) in [6, 6.07) is 15.7. The van der Waals surface area contributed by atoms with E-state index in [4.69, 9.17) is 4.74 Å². The van der Waals surface area contributed by atoms with E-state index in [-0.39, 0.29) is 11.0 Å². The van der Waals surface area contributed by atoms with Crippen LogP contribution in [-0.4, -0.2) is 12.9 Å². The Hall–Kier alpha value is -1.74. The average molecular weight is 270 g/mol. The van der Waals surface area contributed by atoms with Crippen molar-refractivity contribution < 1.29 is 9.53 Å². The summed E-state index contributed by atoms with van der Waals surface area (Å²) in [6.07, 6.45) is 0. The second kappa shape index (κ2) is 5.10. The number of ketones is 1. The number of thioether (sulfide) groups is 1. The van der Waals surface area contributed by atoms with E-state index in [1.807, 2.05) is 48.5 Å². The van der Waals surface area contributed by atoms with Gasteiger partial charge >= 0.3 is 0 Å². The highest BCUT2D eigenvalue weighted by Gasteiger charge is 2.29. The molecule has 0 unspecified atom stereocenters. The van der Waals surface area contributed by atoms with Gasteiger partial charge in [0, 0.05) is 11.3 Å². The first-order valence-electron chi connectivity index (χ1n) is 6.17. The number of Topliss-reactive ketones (excluding diaryl/α,β-unsaturated/α-hetero) is 1. The number of ether oxygens (including phenoxy) is 1. The molecule has 2 nitrogen and oxygen atoms in total. The topological polar surface area (TPSA) is 26.3 Å². The third-order valence-electron chi connectivity index (χ3n) is 3.32. The Labute approximate surface area is 116 Å². The number of rotatable bonds is 2. The van der Waals surface area contributed by atoms with Crippen LogP contribution in [0.4, 0.5) is 0 Å². The molecule has 0 radical (unpaired) electrons. The van der Waals surface area contributed by atoms with Crippen molar-refractivity contribution in [2.45, 2.75) is 11.0 Å². The molecule has 0 amide bonds. The molecular weight excluding hydrogens is 256 g/mol. The van der Waals surface area contributed by atoms with Crippen LogP contribution in [0.15, 0.2) is 48.5 Å². The van der Waals surface area contributed by atoms with E-state index >= 15 is 0 Å². The molecule has 3 rings (SSSR count). The maximum absolute atomic E-state index is 12.6. The lowest BCUT2D eigenvalue weighted by Gasteiger charge is -2.23. The van der Waals surface area contributed by atoms with Crippen LogP contribution >= 0.6 is 11.8 Å². The molecule has 0 saturated carbocycles. The molecule has 1 atom stereocenters. The van der Waals surface area contributed by atoms with Gasteiger partial charge < -0.3 is 4.74 Å². The molecular formula is C16H14O2S. The van der Waals surface area contributed by atoms with Crippen LogP contribution in [0.1, 0.15) is 26.7 Å². The van der Waals surface area contributed by atoms with Gasteiger partial charge in [0.05, 0.1) is 12.4 Å². The maximum atomic E-state index is 12.6. The van der Waals surface area contributed by atoms with Crippen molar-refractivity contribution in [1.82, 2.24) is 0 Å². The van der Waals surface area contributed by atoms with E-state index in [0.717, 1.165) is 28.2 Å². The number of hydrogen-bond donors (Lipinski definition) is 0. The van der Waals surface area contributed by atoms with E-state index in [0.29, 0.717) is 0 Å². The summed E-state index contributed by atoms with van der Waals surface area (Å²) in [7, 11) is 1.65. The summed E-state index contributed by atoms with van der Waals surface area (Å²) < 4.78 is 5.21. The van der Waals surface area contributed by atoms with Gasteiger partial charge in [0.15, 0.2) is 5.78 Å². The highest BCUT2D eigenvalue weighted by molar-refractivity contribution is 7.99. The summed E-state index contributed by atoms with van der Waals surface area (Å²) in [5.41, 5.74) is 2.98. The van der Waals surface area contributed by atoms with E-state index in [1.54, 1.807) is 18.9 Å². The van der Waals surface area contributed by atoms with Gasteiger partial charge in [0.1, 0.15) is 5.75 Å². The first-order valence-corrected chi connectivity index (χ1v) is 7.22. The van der Waals surface area contributed by atoms with Crippen molar-refractivity contribution in [2.75, 3.05) is 7.11 Å². The summed E-state index contributed by atoms with van der Waals surface area (Å²) in [5, 5.41) is -0.0814. The van der Waals surface area contributed by atoms with Crippen molar-refractivity contribution in [1.29, 1.82) is 0 Å². The summed E-state index contributed by atoms with van der Waals surface area (Å²) in [4.78, 5) is 12.6. The smallest absolute Gasteiger partial charge is 0.180 e. The quantitative estimate of drug-likeness (QED) is 0.828. The largest absolute Gasteiger partial charge is 0.497 e. The summed E-state index contributed by atoms with van der Waals surface area (Å²) >= 11 is 1.68. The SMILES string of the molecule is COc1ccc2c(c1)CS[C@H](c1ccccc1)C2=O. The molecule has 0 spiro atoms. The van der Waals surface area contributed by atoms with Crippen molar-refractivity contribution in [3.05, 3.63) is 65.2 Å². The molecule has 1 aliphatic rings. The molecule has 96 valence electrons. The zero-order valence-electron chi connectivity index (χ0n) is 10.6. The summed E-state index contributed by atoms with van der Waals surface area (Å²) in [6.45, 7) is 0. The fourth-order valence-electron chi connectivity index (χ4n) is 2.32. The molecule has 2 aromatic carbocycles. The van der Waals surface area contributed by atoms with E-state index in [9.17, 15) is 4.79 Å². The maximum Gasteiger partial charge on any atom is 0.180 e. The Balaban J connectivity index is 1.97. The molecule has 0 aliphatic carbocycles. The van der Waals surface area contributed by atoms with Crippen LogP contribution in [0.5, 0.6) is 5.75 Å². The molecule has 0 aromatic heterocycles. The van der Waals surface area contributed by atoms with Gasteiger partial charge in [0.2, 0.25) is 0 Å². The van der Waals surface area contributed by atoms with Crippen LogP contribution in [0.2, 0.25) is 0 Å². The molecule has 0 saturated heterocycles. The van der Waals surface area contributed by atoms with Gasteiger partial charge in [-0.25, -0.2) is 0 Å². The third-order valence-corrected chi connectivity index (χ3v) is 4.62. The van der Waals surface area contributed by atoms with Crippen LogP contribution < -0.4 is 4.74 Å². The molecule has 1 aliphatic heterocycles. The normalized spacial score (nSPS) is 17.9. The highest BCUT2D eigenvalue weighted by Crippen LogP contribution is 2.41. The monoisotopic (exact) mass is 270 g/mol. The number of carbonyl (C=O) groups excluding carboxylic acids is 1. The Morgan fingerprint density at radius 3 is 2.68 bits per heavy atom. The van der Waals surface area contributed by atoms with Crippen molar-refractivity contribution in [3.63, 3.8) is 0 Å². The molecule has 3 heteroatoms. The Morgan fingerprint density at radius 1 is 1.16 bits per heavy atom. The molecule has 0 bridgehead atoms. The Morgan fingerprint density at radius 2 is 1.95 bits per heavy atom. The predicted octanol–water partition coefficient (Wildman–Crippen LogP) is 3.87. The van der Waals surface area contributed by atoms with Crippen molar-refractivity contribution in [3.8, 4) is 5.75 Å². The zero-order valence-corrected chi connectivity index (χ0v) is 11.4. The van der Waals surface area contributed by atoms with E-state index in [1.165, 1.54) is 0 Å². The molecule has 2 aromatic rings. The lowest BCUT2D eigenvalue weighted by molar-refractivity contribution is 0.0987. The highest BCUT2D eigenvalue weighted by atomic mass is 32.2. The van der Waals surface area contributed by atoms with E-state index in [2.05, 4.69) is 0 Å². The zero-order chi connectivity index (χ0) is 13.2. The minimum atomic E-state index is -0.0814. The lowest BCUT2D eigenvalue weighted by Crippen LogP contribution is -2.17. The van der Waals surface area contributed by atoms with Crippen molar-refractivity contribution in [2.24, 2.45) is 0 Å². The van der Waals surface area contributed by atoms with Crippen LogP contribution in [0, 0.1) is 0 Å². The fourth-order valence-corrected chi connectivity index (χ4v) is 3.54. The summed E-state index contributed by atoms with van der Waals surface area (Å²) in [5.74, 6) is 1.85. The minimum absolute atomic E-state index is 0.0814. The fraction of sp³-hybridized carbons (Fsp3) is 0.188. The Bertz CT molecular complexity index is 607. The molecule has 0 fully saturated rings. The van der Waals surface area contributed by atoms with Crippen LogP contribution in [0.25, 0.3) is 0 Å². The standard InChI is InChI=1S/C16H14O2S/c1-18-13-7-8-14-12(9-13)10-19-16(15(14)17)11-5-3-2-4-6-11/h2-9,16H,10H2,1H3/t16-/m1/s1. The second-order valence-electron chi connectivity index (χ2n) is 4.49. The molecule has 1 heterocycles. The number of benzene rings is 2. The van der Waals surface area contributed by atoms with Crippen LogP contribution in [0.3, 0.4) is 0 Å². The minimum Gasteiger partial charge on any atom is -0.497 e. The third kappa shape index (κ3) is 2.26. The first kappa shape index (κ1) is 12.3. The van der Waals surface area contributed by atoms with Crippen molar-refractivity contribution >= 4 is 17.5 Å². The van der Waals surface area contributed by atoms with Gasteiger partial charge in [-0.1, -0.05) is 30.3 Å². The van der Waals surface area contributed by atoms with Gasteiger partial charge in [-0.2, -0.15) is 0 Å². The number of methoxy groups -OCH3 is 1. The Kier molecular flexibility index (Phi) is 3.30. The average Bonchev–Trinajstić information content (AvgIpc) is 2.48. The van der Waals surface area contributed by atoms with Crippen LogP contribution in [-0.2, 0) is 5.75 Å². The number of carbonyl (C=O) groups is 1.